The fourth-order valence-corrected chi connectivity index (χ4v) is 5.29. The van der Waals surface area contributed by atoms with Crippen LogP contribution in [0.3, 0.4) is 0 Å². The van der Waals surface area contributed by atoms with Crippen molar-refractivity contribution in [3.05, 3.63) is 72.3 Å². The predicted octanol–water partition coefficient (Wildman–Crippen LogP) is 3.38. The van der Waals surface area contributed by atoms with Crippen molar-refractivity contribution in [1.82, 2.24) is 9.62 Å². The fraction of sp³-hybridized carbons (Fsp3) is 0.346. The van der Waals surface area contributed by atoms with E-state index in [1.807, 2.05) is 36.4 Å². The molecular formula is C26H30N2O5S. The minimum absolute atomic E-state index is 0.0198. The molecule has 1 heterocycles. The molecule has 0 atom stereocenters. The summed E-state index contributed by atoms with van der Waals surface area (Å²) in [5.74, 6) is 0.784. The van der Waals surface area contributed by atoms with Crippen LogP contribution in [0.5, 0.6) is 5.75 Å². The number of hydrogen-bond acceptors (Lipinski definition) is 5. The Morgan fingerprint density at radius 2 is 1.71 bits per heavy atom. The van der Waals surface area contributed by atoms with Crippen molar-refractivity contribution in [1.29, 1.82) is 0 Å². The van der Waals surface area contributed by atoms with Crippen molar-refractivity contribution in [2.24, 2.45) is 0 Å². The molecule has 0 bridgehead atoms. The van der Waals surface area contributed by atoms with Gasteiger partial charge >= 0.3 is 0 Å². The van der Waals surface area contributed by atoms with Gasteiger partial charge in [0.05, 0.1) is 24.7 Å². The highest BCUT2D eigenvalue weighted by Crippen LogP contribution is 2.21. The summed E-state index contributed by atoms with van der Waals surface area (Å²) in [4.78, 5) is 12.4. The van der Waals surface area contributed by atoms with Gasteiger partial charge in [-0.25, -0.2) is 8.42 Å². The molecule has 1 N–H and O–H groups in total. The maximum Gasteiger partial charge on any atom is 0.243 e. The van der Waals surface area contributed by atoms with Crippen molar-refractivity contribution in [2.75, 3.05) is 39.5 Å². The second kappa shape index (κ2) is 11.5. The zero-order valence-electron chi connectivity index (χ0n) is 19.1. The van der Waals surface area contributed by atoms with Crippen molar-refractivity contribution < 1.29 is 22.7 Å². The second-order valence-corrected chi connectivity index (χ2v) is 10.2. The average Bonchev–Trinajstić information content (AvgIpc) is 2.87. The number of carbonyl (C=O) groups is 1. The van der Waals surface area contributed by atoms with Crippen LogP contribution in [0.4, 0.5) is 0 Å². The third-order valence-corrected chi connectivity index (χ3v) is 7.72. The highest BCUT2D eigenvalue weighted by atomic mass is 32.2. The number of fused-ring (bicyclic) bond motifs is 1. The number of rotatable bonds is 10. The molecule has 180 valence electrons. The lowest BCUT2D eigenvalue weighted by Gasteiger charge is -2.26. The number of nitrogens with zero attached hydrogens (tertiary/aromatic N) is 1. The van der Waals surface area contributed by atoms with E-state index in [0.717, 1.165) is 16.7 Å². The molecule has 3 aromatic rings. The van der Waals surface area contributed by atoms with Crippen molar-refractivity contribution in [3.63, 3.8) is 0 Å². The summed E-state index contributed by atoms with van der Waals surface area (Å²) in [7, 11) is -3.48. The fourth-order valence-electron chi connectivity index (χ4n) is 3.88. The van der Waals surface area contributed by atoms with Gasteiger partial charge in [0.25, 0.3) is 0 Å². The zero-order chi connectivity index (χ0) is 23.8. The zero-order valence-corrected chi connectivity index (χ0v) is 19.9. The SMILES string of the molecule is O=C(CCCOc1ccc2ccccc2c1)NCCc1ccc(S(=O)(=O)N2CCOCC2)cc1. The van der Waals surface area contributed by atoms with E-state index >= 15 is 0 Å². The van der Waals surface area contributed by atoms with Crippen LogP contribution in [0, 0.1) is 0 Å². The molecule has 0 saturated carbocycles. The molecule has 0 spiro atoms. The Balaban J connectivity index is 1.15. The average molecular weight is 483 g/mol. The maximum absolute atomic E-state index is 12.7. The minimum Gasteiger partial charge on any atom is -0.494 e. The summed E-state index contributed by atoms with van der Waals surface area (Å²) in [5, 5.41) is 5.21. The van der Waals surface area contributed by atoms with Gasteiger partial charge < -0.3 is 14.8 Å². The number of nitrogens with one attached hydrogen (secondary N) is 1. The van der Waals surface area contributed by atoms with Gasteiger partial charge in [0.1, 0.15) is 5.75 Å². The molecule has 1 aliphatic rings. The monoisotopic (exact) mass is 482 g/mol. The Labute approximate surface area is 200 Å². The van der Waals surface area contributed by atoms with Gasteiger partial charge in [0.15, 0.2) is 0 Å². The normalized spacial score (nSPS) is 14.7. The van der Waals surface area contributed by atoms with Gasteiger partial charge in [0.2, 0.25) is 15.9 Å². The van der Waals surface area contributed by atoms with E-state index in [4.69, 9.17) is 9.47 Å². The van der Waals surface area contributed by atoms with E-state index in [0.29, 0.717) is 58.7 Å². The smallest absolute Gasteiger partial charge is 0.243 e. The molecule has 4 rings (SSSR count). The van der Waals surface area contributed by atoms with Gasteiger partial charge in [-0.2, -0.15) is 4.31 Å². The maximum atomic E-state index is 12.7. The third-order valence-electron chi connectivity index (χ3n) is 5.80. The molecule has 0 aliphatic carbocycles. The first kappa shape index (κ1) is 24.2. The Morgan fingerprint density at radius 1 is 0.971 bits per heavy atom. The van der Waals surface area contributed by atoms with Crippen LogP contribution in [-0.4, -0.2) is 58.1 Å². The van der Waals surface area contributed by atoms with Crippen LogP contribution in [0.2, 0.25) is 0 Å². The topological polar surface area (TPSA) is 84.9 Å². The van der Waals surface area contributed by atoms with E-state index in [-0.39, 0.29) is 10.8 Å². The van der Waals surface area contributed by atoms with Gasteiger partial charge in [-0.1, -0.05) is 42.5 Å². The van der Waals surface area contributed by atoms with E-state index < -0.39 is 10.0 Å². The molecule has 7 nitrogen and oxygen atoms in total. The summed E-state index contributed by atoms with van der Waals surface area (Å²) in [6.45, 7) is 2.58. The predicted molar refractivity (Wildman–Crippen MR) is 131 cm³/mol. The molecule has 1 saturated heterocycles. The number of ether oxygens (including phenoxy) is 2. The first-order valence-corrected chi connectivity index (χ1v) is 13.0. The third kappa shape index (κ3) is 6.34. The Bertz CT molecular complexity index is 1210. The largest absolute Gasteiger partial charge is 0.494 e. The number of carbonyl (C=O) groups excluding carboxylic acids is 1. The van der Waals surface area contributed by atoms with Gasteiger partial charge in [-0.15, -0.1) is 0 Å². The Kier molecular flexibility index (Phi) is 8.16. The number of hydrogen-bond donors (Lipinski definition) is 1. The van der Waals surface area contributed by atoms with Crippen LogP contribution in [0.1, 0.15) is 18.4 Å². The number of amides is 1. The van der Waals surface area contributed by atoms with Crippen molar-refractivity contribution >= 4 is 26.7 Å². The Morgan fingerprint density at radius 3 is 2.47 bits per heavy atom. The molecule has 8 heteroatoms. The highest BCUT2D eigenvalue weighted by molar-refractivity contribution is 7.89. The van der Waals surface area contributed by atoms with Crippen molar-refractivity contribution in [2.45, 2.75) is 24.2 Å². The summed E-state index contributed by atoms with van der Waals surface area (Å²) < 4.78 is 37.8. The standard InChI is InChI=1S/C26H30N2O5S/c29-26(6-3-17-33-24-10-9-22-4-1-2-5-23(22)20-24)27-14-13-21-7-11-25(12-8-21)34(30,31)28-15-18-32-19-16-28/h1-2,4-5,7-12,20H,3,6,13-19H2,(H,27,29). The Hall–Kier alpha value is -2.94. The molecule has 34 heavy (non-hydrogen) atoms. The van der Waals surface area contributed by atoms with Crippen LogP contribution in [-0.2, 0) is 26.0 Å². The molecule has 1 fully saturated rings. The molecule has 0 aromatic heterocycles. The molecule has 0 radical (unpaired) electrons. The molecule has 0 unspecified atom stereocenters. The van der Waals surface area contributed by atoms with Gasteiger partial charge in [-0.05, 0) is 53.4 Å². The van der Waals surface area contributed by atoms with Crippen molar-refractivity contribution in [3.8, 4) is 5.75 Å². The second-order valence-electron chi connectivity index (χ2n) is 8.22. The summed E-state index contributed by atoms with van der Waals surface area (Å²) in [6.07, 6.45) is 1.66. The molecule has 1 aliphatic heterocycles. The summed E-state index contributed by atoms with van der Waals surface area (Å²) in [6, 6.07) is 21.0. The molecule has 3 aromatic carbocycles. The van der Waals surface area contributed by atoms with Gasteiger partial charge in [0, 0.05) is 26.1 Å². The van der Waals surface area contributed by atoms with E-state index in [1.165, 1.54) is 9.69 Å². The van der Waals surface area contributed by atoms with Crippen LogP contribution >= 0.6 is 0 Å². The molecule has 1 amide bonds. The minimum atomic E-state index is -3.48. The molecular weight excluding hydrogens is 452 g/mol. The van der Waals surface area contributed by atoms with E-state index in [1.54, 1.807) is 24.3 Å². The van der Waals surface area contributed by atoms with Crippen LogP contribution in [0.25, 0.3) is 10.8 Å². The lowest BCUT2D eigenvalue weighted by molar-refractivity contribution is -0.121. The number of morpholine rings is 1. The van der Waals surface area contributed by atoms with Gasteiger partial charge in [-0.3, -0.25) is 4.79 Å². The van der Waals surface area contributed by atoms with Crippen LogP contribution < -0.4 is 10.1 Å². The lowest BCUT2D eigenvalue weighted by Crippen LogP contribution is -2.40. The first-order valence-electron chi connectivity index (χ1n) is 11.6. The lowest BCUT2D eigenvalue weighted by atomic mass is 10.1. The van der Waals surface area contributed by atoms with E-state index in [9.17, 15) is 13.2 Å². The quantitative estimate of drug-likeness (QED) is 0.448. The first-order chi connectivity index (χ1) is 16.5. The van der Waals surface area contributed by atoms with Crippen LogP contribution in [0.15, 0.2) is 71.6 Å². The summed E-state index contributed by atoms with van der Waals surface area (Å²) >= 11 is 0. The highest BCUT2D eigenvalue weighted by Gasteiger charge is 2.26. The summed E-state index contributed by atoms with van der Waals surface area (Å²) in [5.41, 5.74) is 0.973. The number of sulfonamides is 1. The van der Waals surface area contributed by atoms with E-state index in [2.05, 4.69) is 11.4 Å². The number of benzene rings is 3.